The van der Waals surface area contributed by atoms with E-state index in [1.807, 2.05) is 19.3 Å². The summed E-state index contributed by atoms with van der Waals surface area (Å²) in [4.78, 5) is 0. The van der Waals surface area contributed by atoms with Crippen LogP contribution in [0.4, 0.5) is 0 Å². The number of nitrogens with zero attached hydrogens (tertiary/aromatic N) is 1. The van der Waals surface area contributed by atoms with Gasteiger partial charge in [-0.1, -0.05) is 36.9 Å². The lowest BCUT2D eigenvalue weighted by Crippen LogP contribution is -2.23. The van der Waals surface area contributed by atoms with Gasteiger partial charge in [0, 0.05) is 13.2 Å². The molecule has 4 unspecified atom stereocenters. The number of hydrazine groups is 1. The molecule has 2 nitrogen and oxygen atoms in total. The molecule has 0 saturated heterocycles. The first-order valence-electron chi connectivity index (χ1n) is 9.10. The summed E-state index contributed by atoms with van der Waals surface area (Å²) in [7, 11) is 1.87. The van der Waals surface area contributed by atoms with Crippen molar-refractivity contribution in [3.8, 4) is 0 Å². The predicted octanol–water partition coefficient (Wildman–Crippen LogP) is 5.03. The second-order valence-corrected chi connectivity index (χ2v) is 7.47. The Morgan fingerprint density at radius 1 is 1.29 bits per heavy atom. The van der Waals surface area contributed by atoms with Gasteiger partial charge >= 0.3 is 0 Å². The zero-order valence-corrected chi connectivity index (χ0v) is 15.2. The first-order chi connectivity index (χ1) is 11.5. The fourth-order valence-electron chi connectivity index (χ4n) is 4.94. The lowest BCUT2D eigenvalue weighted by atomic mass is 9.71. The Morgan fingerprint density at radius 2 is 2.04 bits per heavy atom. The van der Waals surface area contributed by atoms with Crippen LogP contribution in [0.5, 0.6) is 0 Å². The first-order valence-corrected chi connectivity index (χ1v) is 9.10. The van der Waals surface area contributed by atoms with E-state index in [-0.39, 0.29) is 0 Å². The van der Waals surface area contributed by atoms with Gasteiger partial charge in [-0.25, -0.2) is 5.84 Å². The van der Waals surface area contributed by atoms with Gasteiger partial charge in [-0.2, -0.15) is 0 Å². The van der Waals surface area contributed by atoms with Crippen LogP contribution >= 0.6 is 0 Å². The third-order valence-electron chi connectivity index (χ3n) is 6.04. The molecule has 2 aliphatic carbocycles. The van der Waals surface area contributed by atoms with Crippen molar-refractivity contribution in [2.24, 2.45) is 23.6 Å². The Labute approximate surface area is 146 Å². The Balaban J connectivity index is 1.97. The first kappa shape index (κ1) is 17.0. The molecule has 0 spiro atoms. The average Bonchev–Trinajstić information content (AvgIpc) is 3.17. The van der Waals surface area contributed by atoms with E-state index < -0.39 is 0 Å². The molecule has 0 aliphatic heterocycles. The molecule has 4 atom stereocenters. The van der Waals surface area contributed by atoms with E-state index >= 15 is 0 Å². The summed E-state index contributed by atoms with van der Waals surface area (Å²) in [6.45, 7) is 8.30. The van der Waals surface area contributed by atoms with Crippen LogP contribution in [0.1, 0.15) is 48.8 Å². The van der Waals surface area contributed by atoms with Gasteiger partial charge in [-0.3, -0.25) is 0 Å². The number of rotatable bonds is 5. The highest BCUT2D eigenvalue weighted by molar-refractivity contribution is 5.54. The third kappa shape index (κ3) is 3.08. The number of nitrogens with two attached hydrogens (primary N) is 1. The van der Waals surface area contributed by atoms with Crippen LogP contribution in [-0.2, 0) is 0 Å². The average molecular weight is 322 g/mol. The lowest BCUT2D eigenvalue weighted by Gasteiger charge is -2.33. The van der Waals surface area contributed by atoms with Gasteiger partial charge in [-0.15, -0.1) is 0 Å². The molecule has 0 amide bonds. The maximum atomic E-state index is 5.78. The van der Waals surface area contributed by atoms with Crippen molar-refractivity contribution in [3.05, 3.63) is 65.4 Å². The zero-order chi connectivity index (χ0) is 17.3. The van der Waals surface area contributed by atoms with Crippen molar-refractivity contribution >= 4 is 6.08 Å². The largest absolute Gasteiger partial charge is 0.321 e. The van der Waals surface area contributed by atoms with E-state index in [1.165, 1.54) is 41.5 Å². The van der Waals surface area contributed by atoms with Crippen molar-refractivity contribution in [1.29, 1.82) is 0 Å². The van der Waals surface area contributed by atoms with Gasteiger partial charge in [-0.05, 0) is 85.1 Å². The van der Waals surface area contributed by atoms with E-state index in [1.54, 1.807) is 5.01 Å². The summed E-state index contributed by atoms with van der Waals surface area (Å²) >= 11 is 0. The Hall–Kier alpha value is -1.80. The summed E-state index contributed by atoms with van der Waals surface area (Å²) in [5.74, 6) is 8.65. The fourth-order valence-corrected chi connectivity index (χ4v) is 4.94. The van der Waals surface area contributed by atoms with E-state index in [0.29, 0.717) is 11.8 Å². The normalized spacial score (nSPS) is 29.4. The van der Waals surface area contributed by atoms with Crippen LogP contribution in [0.3, 0.4) is 0 Å². The van der Waals surface area contributed by atoms with Crippen molar-refractivity contribution in [1.82, 2.24) is 5.01 Å². The molecule has 24 heavy (non-hydrogen) atoms. The van der Waals surface area contributed by atoms with Gasteiger partial charge in [0.25, 0.3) is 0 Å². The standard InChI is InChI=1S/C22H30N2/c1-5-16(11-12-24(4)23)21-19-9-10-20(14-19)22(21)18-8-7-15(3)17(6-2)13-18/h5-8,11-13,19-22H,2,9-10,14,23H2,1,3-4H3/b12-11-,16-5+. The highest BCUT2D eigenvalue weighted by Crippen LogP contribution is 2.59. The molecule has 2 N–H and O–H groups in total. The maximum absolute atomic E-state index is 5.78. The Kier molecular flexibility index (Phi) is 4.96. The Morgan fingerprint density at radius 3 is 2.71 bits per heavy atom. The van der Waals surface area contributed by atoms with Crippen LogP contribution in [0.2, 0.25) is 0 Å². The third-order valence-corrected chi connectivity index (χ3v) is 6.04. The SMILES string of the molecule is C=Cc1cc(C2C3CCC(C3)C2C(/C=C\N(C)N)=C/C)ccc1C. The van der Waals surface area contributed by atoms with Crippen LogP contribution in [0, 0.1) is 24.7 Å². The van der Waals surface area contributed by atoms with E-state index in [0.717, 1.165) is 11.8 Å². The quantitative estimate of drug-likeness (QED) is 0.468. The molecule has 1 aromatic rings. The molecule has 0 aromatic heterocycles. The summed E-state index contributed by atoms with van der Waals surface area (Å²) in [5.41, 5.74) is 5.50. The molecule has 0 radical (unpaired) electrons. The molecule has 0 heterocycles. The molecule has 1 aromatic carbocycles. The summed E-state index contributed by atoms with van der Waals surface area (Å²) in [6.07, 6.45) is 12.6. The van der Waals surface area contributed by atoms with E-state index in [4.69, 9.17) is 5.84 Å². The zero-order valence-electron chi connectivity index (χ0n) is 15.2. The number of hydrogen-bond donors (Lipinski definition) is 1. The molecule has 2 saturated carbocycles. The highest BCUT2D eigenvalue weighted by Gasteiger charge is 2.48. The van der Waals surface area contributed by atoms with Gasteiger partial charge in [0.1, 0.15) is 0 Å². The summed E-state index contributed by atoms with van der Waals surface area (Å²) in [6, 6.07) is 6.97. The van der Waals surface area contributed by atoms with Crippen molar-refractivity contribution < 1.29 is 0 Å². The van der Waals surface area contributed by atoms with Crippen molar-refractivity contribution in [2.75, 3.05) is 7.05 Å². The van der Waals surface area contributed by atoms with Gasteiger partial charge in [0.2, 0.25) is 0 Å². The number of allylic oxidation sites excluding steroid dienone is 3. The summed E-state index contributed by atoms with van der Waals surface area (Å²) < 4.78 is 0. The molecule has 2 heteroatoms. The molecular formula is C22H30N2. The second kappa shape index (κ2) is 6.98. The monoisotopic (exact) mass is 322 g/mol. The van der Waals surface area contributed by atoms with Gasteiger partial charge in [0.15, 0.2) is 0 Å². The minimum Gasteiger partial charge on any atom is -0.321 e. The molecular weight excluding hydrogens is 292 g/mol. The van der Waals surface area contributed by atoms with Gasteiger partial charge in [0.05, 0.1) is 0 Å². The summed E-state index contributed by atoms with van der Waals surface area (Å²) in [5, 5.41) is 1.63. The minimum absolute atomic E-state index is 0.616. The molecule has 3 rings (SSSR count). The van der Waals surface area contributed by atoms with Crippen molar-refractivity contribution in [3.63, 3.8) is 0 Å². The van der Waals surface area contributed by atoms with Crippen LogP contribution in [0.15, 0.2) is 48.7 Å². The molecule has 128 valence electrons. The smallest absolute Gasteiger partial charge is 0.0222 e. The number of aryl methyl sites for hydroxylation is 1. The highest BCUT2D eigenvalue weighted by atomic mass is 15.4. The molecule has 2 bridgehead atoms. The maximum Gasteiger partial charge on any atom is 0.0222 e. The predicted molar refractivity (Wildman–Crippen MR) is 103 cm³/mol. The number of benzene rings is 1. The van der Waals surface area contributed by atoms with E-state index in [9.17, 15) is 0 Å². The Bertz CT molecular complexity index is 669. The van der Waals surface area contributed by atoms with E-state index in [2.05, 4.69) is 50.8 Å². The van der Waals surface area contributed by atoms with Crippen LogP contribution < -0.4 is 5.84 Å². The number of hydrogen-bond acceptors (Lipinski definition) is 2. The van der Waals surface area contributed by atoms with Gasteiger partial charge < -0.3 is 5.01 Å². The number of fused-ring (bicyclic) bond motifs is 2. The van der Waals surface area contributed by atoms with Crippen LogP contribution in [0.25, 0.3) is 6.08 Å². The molecule has 2 aliphatic rings. The molecule has 2 fully saturated rings. The topological polar surface area (TPSA) is 29.3 Å². The second-order valence-electron chi connectivity index (χ2n) is 7.47. The fraction of sp³-hybridized carbons (Fsp3) is 0.455. The van der Waals surface area contributed by atoms with Crippen molar-refractivity contribution in [2.45, 2.75) is 39.0 Å². The minimum atomic E-state index is 0.616. The van der Waals surface area contributed by atoms with Crippen LogP contribution in [-0.4, -0.2) is 12.1 Å². The lowest BCUT2D eigenvalue weighted by molar-refractivity contribution is 0.331.